The zero-order chi connectivity index (χ0) is 12.6. The second-order valence-electron chi connectivity index (χ2n) is 4.60. The van der Waals surface area contributed by atoms with Crippen LogP contribution in [0.4, 0.5) is 15.8 Å². The van der Waals surface area contributed by atoms with E-state index < -0.39 is 0 Å². The first-order chi connectivity index (χ1) is 7.99. The van der Waals surface area contributed by atoms with Crippen LogP contribution >= 0.6 is 15.9 Å². The number of nitrogens with two attached hydrogens (primary N) is 1. The summed E-state index contributed by atoms with van der Waals surface area (Å²) in [6.07, 6.45) is 0. The Morgan fingerprint density at radius 2 is 2.12 bits per heavy atom. The number of benzene rings is 1. The third-order valence-corrected chi connectivity index (χ3v) is 3.98. The van der Waals surface area contributed by atoms with Crippen LogP contribution in [0.1, 0.15) is 6.92 Å². The van der Waals surface area contributed by atoms with Gasteiger partial charge in [-0.15, -0.1) is 0 Å². The fourth-order valence-electron chi connectivity index (χ4n) is 2.09. The first-order valence-electron chi connectivity index (χ1n) is 5.68. The molecule has 1 unspecified atom stereocenters. The second-order valence-corrected chi connectivity index (χ2v) is 5.46. The van der Waals surface area contributed by atoms with Gasteiger partial charge in [-0.3, -0.25) is 0 Å². The van der Waals surface area contributed by atoms with Crippen molar-refractivity contribution in [2.24, 2.45) is 0 Å². The molecule has 0 aromatic heterocycles. The number of hydrogen-bond donors (Lipinski definition) is 1. The van der Waals surface area contributed by atoms with E-state index in [1.54, 1.807) is 6.07 Å². The Bertz CT molecular complexity index is 424. The topological polar surface area (TPSA) is 32.5 Å². The lowest BCUT2D eigenvalue weighted by molar-refractivity contribution is 0.234. The molecule has 1 atom stereocenters. The average Bonchev–Trinajstić information content (AvgIpc) is 2.27. The van der Waals surface area contributed by atoms with Crippen LogP contribution < -0.4 is 10.6 Å². The van der Waals surface area contributed by atoms with Gasteiger partial charge in [0.15, 0.2) is 0 Å². The van der Waals surface area contributed by atoms with Crippen LogP contribution in [0, 0.1) is 5.82 Å². The van der Waals surface area contributed by atoms with Crippen LogP contribution in [-0.4, -0.2) is 37.6 Å². The fraction of sp³-hybridized carbons (Fsp3) is 0.500. The van der Waals surface area contributed by atoms with Gasteiger partial charge in [-0.25, -0.2) is 4.39 Å². The van der Waals surface area contributed by atoms with Crippen LogP contribution in [0.3, 0.4) is 0 Å². The molecule has 0 bridgehead atoms. The van der Waals surface area contributed by atoms with Crippen molar-refractivity contribution in [1.29, 1.82) is 0 Å². The lowest BCUT2D eigenvalue weighted by Crippen LogP contribution is -2.50. The molecule has 1 heterocycles. The van der Waals surface area contributed by atoms with Gasteiger partial charge in [0.25, 0.3) is 0 Å². The van der Waals surface area contributed by atoms with Crippen LogP contribution in [0.15, 0.2) is 16.6 Å². The van der Waals surface area contributed by atoms with Crippen molar-refractivity contribution in [2.45, 2.75) is 13.0 Å². The zero-order valence-corrected chi connectivity index (χ0v) is 11.7. The van der Waals surface area contributed by atoms with Crippen LogP contribution in [0.5, 0.6) is 0 Å². The molecule has 1 aromatic rings. The number of piperazine rings is 1. The minimum Gasteiger partial charge on any atom is -0.397 e. The van der Waals surface area contributed by atoms with Crippen LogP contribution in [-0.2, 0) is 0 Å². The van der Waals surface area contributed by atoms with E-state index in [1.165, 1.54) is 6.07 Å². The van der Waals surface area contributed by atoms with Gasteiger partial charge >= 0.3 is 0 Å². The highest BCUT2D eigenvalue weighted by molar-refractivity contribution is 9.10. The standard InChI is InChI=1S/C12H17BrFN3/c1-8-7-17(4-3-16(8)2)12-6-10(14)9(13)5-11(12)15/h5-6,8H,3-4,7,15H2,1-2H3. The van der Waals surface area contributed by atoms with Crippen molar-refractivity contribution in [2.75, 3.05) is 37.3 Å². The van der Waals surface area contributed by atoms with Gasteiger partial charge in [-0.2, -0.15) is 0 Å². The maximum atomic E-state index is 13.5. The van der Waals surface area contributed by atoms with E-state index >= 15 is 0 Å². The Balaban J connectivity index is 2.26. The van der Waals surface area contributed by atoms with E-state index in [0.717, 1.165) is 25.3 Å². The molecule has 0 spiro atoms. The molecule has 1 aliphatic rings. The molecule has 17 heavy (non-hydrogen) atoms. The molecule has 1 saturated heterocycles. The lowest BCUT2D eigenvalue weighted by Gasteiger charge is -2.39. The van der Waals surface area contributed by atoms with Gasteiger partial charge in [0.2, 0.25) is 0 Å². The molecule has 0 amide bonds. The van der Waals surface area contributed by atoms with E-state index in [2.05, 4.69) is 39.7 Å². The van der Waals surface area contributed by atoms with Crippen molar-refractivity contribution < 1.29 is 4.39 Å². The SMILES string of the molecule is CC1CN(c2cc(F)c(Br)cc2N)CCN1C. The maximum absolute atomic E-state index is 13.5. The number of anilines is 2. The molecule has 2 rings (SSSR count). The third kappa shape index (κ3) is 2.55. The normalized spacial score (nSPS) is 21.9. The van der Waals surface area contributed by atoms with Crippen molar-refractivity contribution in [3.8, 4) is 0 Å². The highest BCUT2D eigenvalue weighted by atomic mass is 79.9. The minimum absolute atomic E-state index is 0.263. The molecule has 1 aromatic carbocycles. The van der Waals surface area contributed by atoms with Gasteiger partial charge < -0.3 is 15.5 Å². The van der Waals surface area contributed by atoms with E-state index in [1.807, 2.05) is 0 Å². The van der Waals surface area contributed by atoms with Crippen molar-refractivity contribution >= 4 is 27.3 Å². The maximum Gasteiger partial charge on any atom is 0.139 e. The first kappa shape index (κ1) is 12.6. The average molecular weight is 302 g/mol. The predicted octanol–water partition coefficient (Wildman–Crippen LogP) is 2.31. The number of rotatable bonds is 1. The molecule has 0 radical (unpaired) electrons. The van der Waals surface area contributed by atoms with Crippen LogP contribution in [0.2, 0.25) is 0 Å². The Kier molecular flexibility index (Phi) is 3.58. The third-order valence-electron chi connectivity index (χ3n) is 3.37. The molecule has 3 nitrogen and oxygen atoms in total. The Morgan fingerprint density at radius 1 is 1.41 bits per heavy atom. The van der Waals surface area contributed by atoms with Gasteiger partial charge in [0.05, 0.1) is 15.8 Å². The highest BCUT2D eigenvalue weighted by Crippen LogP contribution is 2.30. The minimum atomic E-state index is -0.263. The molecular formula is C12H17BrFN3. The monoisotopic (exact) mass is 301 g/mol. The predicted molar refractivity (Wildman–Crippen MR) is 72.8 cm³/mol. The molecule has 2 N–H and O–H groups in total. The molecule has 0 aliphatic carbocycles. The molecule has 0 saturated carbocycles. The largest absolute Gasteiger partial charge is 0.397 e. The van der Waals surface area contributed by atoms with E-state index in [9.17, 15) is 4.39 Å². The smallest absolute Gasteiger partial charge is 0.139 e. The number of nitrogens with zero attached hydrogens (tertiary/aromatic N) is 2. The first-order valence-corrected chi connectivity index (χ1v) is 6.48. The molecular weight excluding hydrogens is 285 g/mol. The van der Waals surface area contributed by atoms with E-state index in [0.29, 0.717) is 16.2 Å². The number of halogens is 2. The molecule has 1 aliphatic heterocycles. The number of hydrogen-bond acceptors (Lipinski definition) is 3. The molecule has 5 heteroatoms. The van der Waals surface area contributed by atoms with E-state index in [-0.39, 0.29) is 5.82 Å². The molecule has 94 valence electrons. The Hall–Kier alpha value is -0.810. The summed E-state index contributed by atoms with van der Waals surface area (Å²) in [6.45, 7) is 4.89. The summed E-state index contributed by atoms with van der Waals surface area (Å²) in [5.74, 6) is -0.263. The Labute approximate surface area is 110 Å². The molecule has 1 fully saturated rings. The summed E-state index contributed by atoms with van der Waals surface area (Å²) in [4.78, 5) is 4.44. The fourth-order valence-corrected chi connectivity index (χ4v) is 2.45. The van der Waals surface area contributed by atoms with Gasteiger partial charge in [0, 0.05) is 31.7 Å². The van der Waals surface area contributed by atoms with Crippen molar-refractivity contribution in [3.05, 3.63) is 22.4 Å². The lowest BCUT2D eigenvalue weighted by atomic mass is 10.1. The highest BCUT2D eigenvalue weighted by Gasteiger charge is 2.22. The summed E-state index contributed by atoms with van der Waals surface area (Å²) in [7, 11) is 2.10. The summed E-state index contributed by atoms with van der Waals surface area (Å²) in [6, 6.07) is 3.60. The van der Waals surface area contributed by atoms with Crippen molar-refractivity contribution in [3.63, 3.8) is 0 Å². The Morgan fingerprint density at radius 3 is 2.76 bits per heavy atom. The van der Waals surface area contributed by atoms with Gasteiger partial charge in [0.1, 0.15) is 5.82 Å². The summed E-state index contributed by atoms with van der Waals surface area (Å²) < 4.78 is 14.0. The quantitative estimate of drug-likeness (QED) is 0.808. The van der Waals surface area contributed by atoms with Crippen LogP contribution in [0.25, 0.3) is 0 Å². The zero-order valence-electron chi connectivity index (χ0n) is 10.1. The van der Waals surface area contributed by atoms with Crippen molar-refractivity contribution in [1.82, 2.24) is 4.90 Å². The summed E-state index contributed by atoms with van der Waals surface area (Å²) in [5, 5.41) is 0. The number of likely N-dealkylation sites (N-methyl/N-ethyl adjacent to an activating group) is 1. The number of nitrogen functional groups attached to an aromatic ring is 1. The van der Waals surface area contributed by atoms with Gasteiger partial charge in [-0.05, 0) is 36.0 Å². The summed E-state index contributed by atoms with van der Waals surface area (Å²) in [5.41, 5.74) is 7.37. The van der Waals surface area contributed by atoms with E-state index in [4.69, 9.17) is 5.73 Å². The summed E-state index contributed by atoms with van der Waals surface area (Å²) >= 11 is 3.14. The van der Waals surface area contributed by atoms with Gasteiger partial charge in [-0.1, -0.05) is 0 Å². The second kappa shape index (κ2) is 4.82.